The third-order valence-electron chi connectivity index (χ3n) is 2.13. The molecule has 7 heteroatoms. The smallest absolute Gasteiger partial charge is 0.310 e. The Balaban J connectivity index is 3.07. The third-order valence-corrected chi connectivity index (χ3v) is 2.89. The lowest BCUT2D eigenvalue weighted by atomic mass is 10.1. The van der Waals surface area contributed by atoms with Gasteiger partial charge >= 0.3 is 5.97 Å². The maximum absolute atomic E-state index is 12.6. The lowest BCUT2D eigenvalue weighted by Crippen LogP contribution is -2.10. The van der Waals surface area contributed by atoms with Crippen LogP contribution in [0.4, 0.5) is 8.78 Å². The van der Waals surface area contributed by atoms with Crippen molar-refractivity contribution < 1.29 is 23.0 Å². The first-order valence-corrected chi connectivity index (χ1v) is 5.95. The molecule has 0 aliphatic heterocycles. The minimum absolute atomic E-state index is 0.0572. The molecule has 0 aromatic carbocycles. The van der Waals surface area contributed by atoms with Crippen LogP contribution in [0.3, 0.4) is 0 Å². The summed E-state index contributed by atoms with van der Waals surface area (Å²) in [5.41, 5.74) is -0.0216. The summed E-state index contributed by atoms with van der Waals surface area (Å²) in [4.78, 5) is 15.0. The van der Waals surface area contributed by atoms with E-state index < -0.39 is 18.1 Å². The minimum Gasteiger partial charge on any atom is -0.495 e. The molecule has 0 spiro atoms. The van der Waals surface area contributed by atoms with Gasteiger partial charge in [0.2, 0.25) is 0 Å². The molecule has 0 fully saturated rings. The second-order valence-corrected chi connectivity index (χ2v) is 4.09. The molecule has 0 radical (unpaired) electrons. The average Bonchev–Trinajstić information content (AvgIpc) is 2.29. The number of nitrogens with zero attached hydrogens (tertiary/aromatic N) is 1. The van der Waals surface area contributed by atoms with Gasteiger partial charge in [0, 0.05) is 11.8 Å². The molecule has 0 saturated carbocycles. The molecule has 0 N–H and O–H groups in total. The van der Waals surface area contributed by atoms with E-state index in [1.165, 1.54) is 13.3 Å². The first-order valence-electron chi connectivity index (χ1n) is 5.16. The van der Waals surface area contributed by atoms with E-state index in [0.717, 1.165) is 0 Å². The summed E-state index contributed by atoms with van der Waals surface area (Å²) in [6.07, 6.45) is -1.60. The number of hydrogen-bond donors (Lipinski definition) is 0. The van der Waals surface area contributed by atoms with Gasteiger partial charge in [0.15, 0.2) is 0 Å². The number of carbonyl (C=O) groups is 1. The molecule has 0 unspecified atom stereocenters. The standard InChI is InChI=1S/C11H12BrF2NO3/c1-3-18-7(16)4-6-5-15-9(11(13)14)8(12)10(6)17-2/h5,11H,3-4H2,1-2H3. The predicted molar refractivity (Wildman–Crippen MR) is 63.8 cm³/mol. The van der Waals surface area contributed by atoms with Crippen molar-refractivity contribution in [3.8, 4) is 5.75 Å². The Bertz CT molecular complexity index is 441. The number of pyridine rings is 1. The van der Waals surface area contributed by atoms with Gasteiger partial charge in [0.25, 0.3) is 6.43 Å². The predicted octanol–water partition coefficient (Wildman–Crippen LogP) is 2.90. The zero-order valence-corrected chi connectivity index (χ0v) is 11.5. The zero-order valence-electron chi connectivity index (χ0n) is 9.87. The van der Waals surface area contributed by atoms with Crippen LogP contribution in [0.5, 0.6) is 5.75 Å². The van der Waals surface area contributed by atoms with E-state index in [0.29, 0.717) is 5.56 Å². The van der Waals surface area contributed by atoms with Crippen molar-refractivity contribution in [3.05, 3.63) is 21.9 Å². The number of carbonyl (C=O) groups excluding carboxylic acids is 1. The normalized spacial score (nSPS) is 10.6. The Morgan fingerprint density at radius 1 is 1.56 bits per heavy atom. The van der Waals surface area contributed by atoms with Crippen molar-refractivity contribution >= 4 is 21.9 Å². The van der Waals surface area contributed by atoms with Gasteiger partial charge < -0.3 is 9.47 Å². The first kappa shape index (κ1) is 14.8. The molecule has 1 aromatic rings. The third kappa shape index (κ3) is 3.38. The van der Waals surface area contributed by atoms with Gasteiger partial charge in [-0.3, -0.25) is 9.78 Å². The lowest BCUT2D eigenvalue weighted by Gasteiger charge is -2.12. The quantitative estimate of drug-likeness (QED) is 0.782. The number of halogens is 3. The fourth-order valence-corrected chi connectivity index (χ4v) is 2.08. The van der Waals surface area contributed by atoms with Crippen molar-refractivity contribution in [1.82, 2.24) is 4.98 Å². The molecule has 0 amide bonds. The molecule has 1 heterocycles. The number of aromatic nitrogens is 1. The number of rotatable bonds is 5. The Morgan fingerprint density at radius 2 is 2.22 bits per heavy atom. The molecule has 1 aromatic heterocycles. The van der Waals surface area contributed by atoms with E-state index in [1.54, 1.807) is 6.92 Å². The van der Waals surface area contributed by atoms with Crippen molar-refractivity contribution in [2.24, 2.45) is 0 Å². The van der Waals surface area contributed by atoms with Crippen LogP contribution in [0.15, 0.2) is 10.7 Å². The van der Waals surface area contributed by atoms with Crippen molar-refractivity contribution in [2.75, 3.05) is 13.7 Å². The van der Waals surface area contributed by atoms with Crippen LogP contribution in [-0.2, 0) is 16.0 Å². The molecule has 0 aliphatic carbocycles. The number of methoxy groups -OCH3 is 1. The lowest BCUT2D eigenvalue weighted by molar-refractivity contribution is -0.142. The summed E-state index contributed by atoms with van der Waals surface area (Å²) < 4.78 is 35.1. The van der Waals surface area contributed by atoms with Crippen LogP contribution < -0.4 is 4.74 Å². The monoisotopic (exact) mass is 323 g/mol. The highest BCUT2D eigenvalue weighted by molar-refractivity contribution is 9.10. The van der Waals surface area contributed by atoms with Crippen LogP contribution in [0.2, 0.25) is 0 Å². The minimum atomic E-state index is -2.72. The highest BCUT2D eigenvalue weighted by atomic mass is 79.9. The topological polar surface area (TPSA) is 48.4 Å². The summed E-state index contributed by atoms with van der Waals surface area (Å²) >= 11 is 3.00. The Labute approximate surface area is 111 Å². The van der Waals surface area contributed by atoms with Crippen LogP contribution in [0, 0.1) is 0 Å². The summed E-state index contributed by atoms with van der Waals surface area (Å²) in [7, 11) is 1.34. The van der Waals surface area contributed by atoms with Crippen LogP contribution in [0.25, 0.3) is 0 Å². The summed E-state index contributed by atoms with van der Waals surface area (Å²) in [6, 6.07) is 0. The number of ether oxygens (including phenoxy) is 2. The van der Waals surface area contributed by atoms with Gasteiger partial charge in [-0.2, -0.15) is 0 Å². The van der Waals surface area contributed by atoms with Crippen molar-refractivity contribution in [1.29, 1.82) is 0 Å². The van der Waals surface area contributed by atoms with Crippen molar-refractivity contribution in [3.63, 3.8) is 0 Å². The van der Waals surface area contributed by atoms with Gasteiger partial charge in [0.05, 0.1) is 24.6 Å². The molecule has 100 valence electrons. The average molecular weight is 324 g/mol. The zero-order chi connectivity index (χ0) is 13.7. The first-order chi connectivity index (χ1) is 8.51. The molecule has 4 nitrogen and oxygen atoms in total. The molecule has 0 bridgehead atoms. The van der Waals surface area contributed by atoms with E-state index in [-0.39, 0.29) is 23.2 Å². The van der Waals surface area contributed by atoms with Gasteiger partial charge in [-0.05, 0) is 22.9 Å². The summed E-state index contributed by atoms with van der Waals surface area (Å²) in [6.45, 7) is 1.94. The van der Waals surface area contributed by atoms with Gasteiger partial charge in [-0.15, -0.1) is 0 Å². The highest BCUT2D eigenvalue weighted by Crippen LogP contribution is 2.35. The van der Waals surface area contributed by atoms with Crippen LogP contribution >= 0.6 is 15.9 Å². The SMILES string of the molecule is CCOC(=O)Cc1cnc(C(F)F)c(Br)c1OC. The molecule has 0 saturated heterocycles. The van der Waals surface area contributed by atoms with Crippen LogP contribution in [-0.4, -0.2) is 24.7 Å². The fraction of sp³-hybridized carbons (Fsp3) is 0.455. The Kier molecular flexibility index (Phi) is 5.46. The van der Waals surface area contributed by atoms with E-state index in [4.69, 9.17) is 9.47 Å². The molecule has 0 aliphatic rings. The fourth-order valence-electron chi connectivity index (χ4n) is 1.39. The van der Waals surface area contributed by atoms with Crippen molar-refractivity contribution in [2.45, 2.75) is 19.8 Å². The van der Waals surface area contributed by atoms with E-state index in [2.05, 4.69) is 20.9 Å². The number of alkyl halides is 2. The van der Waals surface area contributed by atoms with Crippen LogP contribution in [0.1, 0.15) is 24.6 Å². The summed E-state index contributed by atoms with van der Waals surface area (Å²) in [5.74, 6) is -0.289. The second-order valence-electron chi connectivity index (χ2n) is 3.30. The summed E-state index contributed by atoms with van der Waals surface area (Å²) in [5, 5.41) is 0. The van der Waals surface area contributed by atoms with E-state index in [1.807, 2.05) is 0 Å². The number of hydrogen-bond acceptors (Lipinski definition) is 4. The largest absolute Gasteiger partial charge is 0.495 e. The molecule has 1 rings (SSSR count). The Morgan fingerprint density at radius 3 is 2.72 bits per heavy atom. The van der Waals surface area contributed by atoms with Gasteiger partial charge in [-0.25, -0.2) is 8.78 Å². The number of esters is 1. The molecular formula is C11H12BrF2NO3. The molecule has 18 heavy (non-hydrogen) atoms. The second kappa shape index (κ2) is 6.63. The molecular weight excluding hydrogens is 312 g/mol. The van der Waals surface area contributed by atoms with Gasteiger partial charge in [-0.1, -0.05) is 0 Å². The van der Waals surface area contributed by atoms with E-state index >= 15 is 0 Å². The van der Waals surface area contributed by atoms with Gasteiger partial charge in [0.1, 0.15) is 11.4 Å². The Hall–Kier alpha value is -1.24. The van der Waals surface area contributed by atoms with E-state index in [9.17, 15) is 13.6 Å². The maximum atomic E-state index is 12.6. The molecule has 0 atom stereocenters. The highest BCUT2D eigenvalue weighted by Gasteiger charge is 2.21. The maximum Gasteiger partial charge on any atom is 0.310 e.